The number of methoxy groups -OCH3 is 1. The number of aliphatic hydroxyl groups excluding tert-OH is 2. The van der Waals surface area contributed by atoms with Crippen LogP contribution < -0.4 is 42.2 Å². The molecule has 73 heavy (non-hydrogen) atoms. The maximum absolute atomic E-state index is 14.2. The number of piperazine rings is 1. The zero-order valence-corrected chi connectivity index (χ0v) is 40.9. The third-order valence-corrected chi connectivity index (χ3v) is 13.5. The van der Waals surface area contributed by atoms with E-state index in [1.807, 2.05) is 6.92 Å². The number of anilines is 1. The molecule has 22 heteroatoms. The lowest BCUT2D eigenvalue weighted by Crippen LogP contribution is -2.55. The number of fused-ring (bicyclic) bond motifs is 2. The predicted octanol–water partition coefficient (Wildman–Crippen LogP) is 1.95. The van der Waals surface area contributed by atoms with Gasteiger partial charge >= 0.3 is 12.1 Å². The number of hydrogen-bond acceptors (Lipinski definition) is 14. The van der Waals surface area contributed by atoms with Crippen LogP contribution >= 0.6 is 0 Å². The number of aliphatic hydroxyl groups is 2. The van der Waals surface area contributed by atoms with Gasteiger partial charge in [0.05, 0.1) is 24.1 Å². The summed E-state index contributed by atoms with van der Waals surface area (Å²) in [5, 5.41) is 55.4. The first-order valence-electron chi connectivity index (χ1n) is 24.2. The zero-order chi connectivity index (χ0) is 52.8. The van der Waals surface area contributed by atoms with Gasteiger partial charge in [0, 0.05) is 86.8 Å². The second-order valence-corrected chi connectivity index (χ2v) is 18.6. The van der Waals surface area contributed by atoms with Crippen LogP contribution in [0.1, 0.15) is 70.3 Å². The molecular weight excluding hydrogens is 949 g/mol. The molecule has 22 nitrogen and oxygen atoms in total. The molecule has 4 aliphatic rings. The van der Waals surface area contributed by atoms with Gasteiger partial charge in [-0.15, -0.1) is 0 Å². The van der Waals surface area contributed by atoms with Crippen LogP contribution in [-0.2, 0) is 40.1 Å². The van der Waals surface area contributed by atoms with Crippen molar-refractivity contribution in [1.29, 1.82) is 0 Å². The van der Waals surface area contributed by atoms with Gasteiger partial charge < -0.3 is 66.7 Å². The van der Waals surface area contributed by atoms with Gasteiger partial charge in [0.1, 0.15) is 41.4 Å². The van der Waals surface area contributed by atoms with E-state index in [0.29, 0.717) is 43.4 Å². The lowest BCUT2D eigenvalue weighted by atomic mass is 9.63. The molecule has 4 unspecified atom stereocenters. The normalized spacial score (nSPS) is 19.5. The van der Waals surface area contributed by atoms with Gasteiger partial charge in [-0.2, -0.15) is 0 Å². The zero-order valence-electron chi connectivity index (χ0n) is 40.9. The van der Waals surface area contributed by atoms with Crippen LogP contribution in [0.3, 0.4) is 0 Å². The van der Waals surface area contributed by atoms with Gasteiger partial charge in [-0.05, 0) is 74.8 Å². The van der Waals surface area contributed by atoms with Crippen molar-refractivity contribution in [2.75, 3.05) is 58.2 Å². The van der Waals surface area contributed by atoms with Crippen LogP contribution in [0.15, 0.2) is 66.7 Å². The summed E-state index contributed by atoms with van der Waals surface area (Å²) in [4.78, 5) is 105. The Morgan fingerprint density at radius 1 is 0.795 bits per heavy atom. The number of nitrogens with zero attached hydrogens (tertiary/aromatic N) is 3. The number of ether oxygens (including phenoxy) is 2. The average molecular weight is 1010 g/mol. The number of benzene rings is 1. The average Bonchev–Trinajstić information content (AvgIpc) is 3.69. The molecule has 0 aromatic heterocycles. The number of amides is 9. The topological polar surface area (TPSA) is 320 Å². The van der Waals surface area contributed by atoms with Crippen molar-refractivity contribution in [2.24, 2.45) is 23.0 Å². The maximum atomic E-state index is 14.2. The molecule has 2 fully saturated rings. The molecule has 0 spiro atoms. The van der Waals surface area contributed by atoms with Gasteiger partial charge in [-0.3, -0.25) is 33.7 Å². The fourth-order valence-corrected chi connectivity index (χ4v) is 9.43. The van der Waals surface area contributed by atoms with E-state index in [4.69, 9.17) is 15.2 Å². The fourth-order valence-electron chi connectivity index (χ4n) is 9.43. The minimum absolute atomic E-state index is 0.0940. The van der Waals surface area contributed by atoms with E-state index >= 15 is 0 Å². The van der Waals surface area contributed by atoms with Crippen molar-refractivity contribution >= 4 is 64.8 Å². The van der Waals surface area contributed by atoms with Crippen LogP contribution in [0.25, 0.3) is 11.5 Å². The summed E-state index contributed by atoms with van der Waals surface area (Å²) in [7, 11) is 1.42. The summed E-state index contributed by atoms with van der Waals surface area (Å²) in [5.41, 5.74) is 5.19. The predicted molar refractivity (Wildman–Crippen MR) is 264 cm³/mol. The summed E-state index contributed by atoms with van der Waals surface area (Å²) in [6.07, 6.45) is 4.74. The Kier molecular flexibility index (Phi) is 18.5. The van der Waals surface area contributed by atoms with Gasteiger partial charge in [-0.25, -0.2) is 9.59 Å². The Bertz CT molecular complexity index is 2650. The van der Waals surface area contributed by atoms with E-state index in [1.165, 1.54) is 42.4 Å². The Balaban J connectivity index is 0.958. The van der Waals surface area contributed by atoms with Crippen LogP contribution in [0, 0.1) is 17.3 Å². The Hall–Kier alpha value is -8.04. The van der Waals surface area contributed by atoms with Crippen LogP contribution in [-0.4, -0.2) is 142 Å². The second kappa shape index (κ2) is 24.9. The standard InChI is InChI=1S/C51H64N8O14/c1-51(20-19-34-35(28-51)46(67)43-37(60)11-6-5-9-33(72-2)27-38(61)44(43)45(34)66)48(69)57-23-25-58(26-24-57)50(71)73-30-31-13-15-32(16-14-31)55-47(68)36(10-8-21-53-49(52)70)56-40(63)29-54-39(62)12-4-3-7-22-59-41(64)17-18-42(59)65/h5-6,9,11,13-18,27,34-36,60-61,66-67H,3-4,7-8,10,12,19-26,28-30H2,1-2H3,(H,54,62)(H,55,68)(H,56,63)(H3,52,53,70). The maximum Gasteiger partial charge on any atom is 0.410 e. The minimum Gasteiger partial charge on any atom is -0.511 e. The molecule has 0 radical (unpaired) electrons. The highest BCUT2D eigenvalue weighted by Gasteiger charge is 2.49. The highest BCUT2D eigenvalue weighted by atomic mass is 16.6. The minimum atomic E-state index is -1.05. The lowest BCUT2D eigenvalue weighted by Gasteiger charge is -2.45. The molecule has 6 rings (SSSR count). The highest BCUT2D eigenvalue weighted by Crippen LogP contribution is 2.49. The van der Waals surface area contributed by atoms with E-state index < -0.39 is 59.5 Å². The van der Waals surface area contributed by atoms with Crippen molar-refractivity contribution in [3.05, 3.63) is 82.8 Å². The van der Waals surface area contributed by atoms with Gasteiger partial charge in [0.25, 0.3) is 11.8 Å². The van der Waals surface area contributed by atoms with Crippen LogP contribution in [0.5, 0.6) is 17.2 Å². The molecule has 10 N–H and O–H groups in total. The van der Waals surface area contributed by atoms with E-state index in [2.05, 4.69) is 21.3 Å². The summed E-state index contributed by atoms with van der Waals surface area (Å²) < 4.78 is 10.9. The fraction of sp³-hybridized carbons (Fsp3) is 0.451. The molecule has 1 saturated carbocycles. The molecule has 392 valence electrons. The molecule has 2 aliphatic carbocycles. The number of carbonyl (C=O) groups is 8. The molecule has 4 atom stereocenters. The van der Waals surface area contributed by atoms with Crippen molar-refractivity contribution in [3.63, 3.8) is 0 Å². The molecule has 2 heterocycles. The van der Waals surface area contributed by atoms with Crippen molar-refractivity contribution < 1.29 is 68.3 Å². The number of primary amides is 1. The molecule has 1 saturated heterocycles. The molecule has 9 amide bonds. The number of hydrogen-bond donors (Lipinski definition) is 9. The first kappa shape index (κ1) is 54.3. The first-order chi connectivity index (χ1) is 34.9. The van der Waals surface area contributed by atoms with Gasteiger partial charge in [0.15, 0.2) is 0 Å². The van der Waals surface area contributed by atoms with Crippen molar-refractivity contribution in [1.82, 2.24) is 30.7 Å². The summed E-state index contributed by atoms with van der Waals surface area (Å²) in [5.74, 6) is -4.80. The third kappa shape index (κ3) is 14.1. The number of imide groups is 1. The number of nitrogens with one attached hydrogen (secondary N) is 4. The van der Waals surface area contributed by atoms with E-state index in [9.17, 15) is 58.8 Å². The number of rotatable bonds is 19. The van der Waals surface area contributed by atoms with E-state index in [0.717, 1.165) is 4.90 Å². The van der Waals surface area contributed by atoms with E-state index in [-0.39, 0.29) is 129 Å². The number of unbranched alkanes of at least 4 members (excludes halogenated alkanes) is 2. The highest BCUT2D eigenvalue weighted by molar-refractivity contribution is 6.12. The van der Waals surface area contributed by atoms with Crippen molar-refractivity contribution in [3.8, 4) is 17.2 Å². The van der Waals surface area contributed by atoms with Crippen molar-refractivity contribution in [2.45, 2.75) is 77.4 Å². The molecule has 0 bridgehead atoms. The third-order valence-electron chi connectivity index (χ3n) is 13.5. The first-order valence-corrected chi connectivity index (χ1v) is 24.2. The molecule has 2 aliphatic heterocycles. The largest absolute Gasteiger partial charge is 0.511 e. The van der Waals surface area contributed by atoms with Gasteiger partial charge in [0.2, 0.25) is 23.6 Å². The molecule has 2 aromatic rings. The molecular formula is C51H64N8O14. The summed E-state index contributed by atoms with van der Waals surface area (Å²) in [6.45, 7) is 2.57. The summed E-state index contributed by atoms with van der Waals surface area (Å²) >= 11 is 0. The summed E-state index contributed by atoms with van der Waals surface area (Å²) in [6, 6.07) is 12.0. The Morgan fingerprint density at radius 2 is 1.45 bits per heavy atom. The quantitative estimate of drug-likeness (QED) is 0.0718. The molecule has 2 aromatic carbocycles. The number of aromatic hydroxyl groups is 2. The number of urea groups is 1. The number of nitrogens with two attached hydrogens (primary N) is 1. The van der Waals surface area contributed by atoms with Crippen LogP contribution in [0.4, 0.5) is 15.3 Å². The van der Waals surface area contributed by atoms with E-state index in [1.54, 1.807) is 41.3 Å². The smallest absolute Gasteiger partial charge is 0.410 e. The number of carbonyl (C=O) groups excluding carboxylic acids is 8. The SMILES string of the molecule is COc1ccccc(O)c2c(c(O)c1)=C(O)C1CCC(C)(C(=O)N3CCN(C(=O)OCc4ccc(NC(=O)C(CCCNC(N)=O)NC(=O)CNC(=O)CCCCCN5C(=O)C=CC5=O)cc4)CC3)CC1C=2O. The Morgan fingerprint density at radius 3 is 2.14 bits per heavy atom. The monoisotopic (exact) mass is 1010 g/mol. The van der Waals surface area contributed by atoms with Gasteiger partial charge in [-0.1, -0.05) is 37.6 Å². The van der Waals surface area contributed by atoms with Crippen LogP contribution in [0.2, 0.25) is 0 Å². The lowest BCUT2D eigenvalue weighted by molar-refractivity contribution is -0.146. The second-order valence-electron chi connectivity index (χ2n) is 18.6. The Labute approximate surface area is 421 Å².